The number of carbonyl (C=O) groups excluding carboxylic acids is 1. The van der Waals surface area contributed by atoms with E-state index in [1.807, 2.05) is 30.3 Å². The van der Waals surface area contributed by atoms with Crippen LogP contribution in [0.2, 0.25) is 0 Å². The molecule has 17 heavy (non-hydrogen) atoms. The zero-order valence-corrected chi connectivity index (χ0v) is 11.2. The molecule has 1 aromatic rings. The van der Waals surface area contributed by atoms with Crippen molar-refractivity contribution in [3.63, 3.8) is 0 Å². The van der Waals surface area contributed by atoms with Crippen molar-refractivity contribution in [1.29, 1.82) is 0 Å². The summed E-state index contributed by atoms with van der Waals surface area (Å²) in [5.41, 5.74) is 0. The Balaban J connectivity index is 2.08. The maximum Gasteiger partial charge on any atom is 0.220 e. The first-order chi connectivity index (χ1) is 8.18. The maximum absolute atomic E-state index is 11.3. The zero-order chi connectivity index (χ0) is 12.5. The molecule has 4 heteroatoms. The third kappa shape index (κ3) is 6.79. The van der Waals surface area contributed by atoms with Gasteiger partial charge in [-0.25, -0.2) is 0 Å². The number of carbonyl (C=O) groups is 1. The standard InChI is InChI=1S/C13H16BrNO2/c1-11(14)10-15-13(16)8-5-9-17-12-6-3-2-4-7-12/h2-4,6-7H,1,5,8-10H2,(H,15,16). The molecule has 0 heterocycles. The van der Waals surface area contributed by atoms with Gasteiger partial charge in [0.15, 0.2) is 0 Å². The predicted octanol–water partition coefficient (Wildman–Crippen LogP) is 2.87. The van der Waals surface area contributed by atoms with Gasteiger partial charge in [-0.1, -0.05) is 40.7 Å². The number of para-hydroxylation sites is 1. The minimum atomic E-state index is 0.0160. The Morgan fingerprint density at radius 2 is 2.06 bits per heavy atom. The first-order valence-electron chi connectivity index (χ1n) is 5.46. The van der Waals surface area contributed by atoms with Gasteiger partial charge in [0.05, 0.1) is 6.61 Å². The van der Waals surface area contributed by atoms with Crippen LogP contribution in [-0.4, -0.2) is 19.1 Å². The summed E-state index contributed by atoms with van der Waals surface area (Å²) >= 11 is 3.18. The van der Waals surface area contributed by atoms with Crippen molar-refractivity contribution in [2.75, 3.05) is 13.2 Å². The second-order valence-corrected chi connectivity index (χ2v) is 4.68. The predicted molar refractivity (Wildman–Crippen MR) is 72.2 cm³/mol. The maximum atomic E-state index is 11.3. The summed E-state index contributed by atoms with van der Waals surface area (Å²) in [7, 11) is 0. The highest BCUT2D eigenvalue weighted by molar-refractivity contribution is 9.11. The van der Waals surface area contributed by atoms with Crippen molar-refractivity contribution < 1.29 is 9.53 Å². The van der Waals surface area contributed by atoms with Crippen molar-refractivity contribution in [2.45, 2.75) is 12.8 Å². The molecule has 0 aromatic heterocycles. The Morgan fingerprint density at radius 1 is 1.35 bits per heavy atom. The minimum absolute atomic E-state index is 0.0160. The lowest BCUT2D eigenvalue weighted by Crippen LogP contribution is -2.24. The van der Waals surface area contributed by atoms with Crippen LogP contribution in [0.3, 0.4) is 0 Å². The summed E-state index contributed by atoms with van der Waals surface area (Å²) < 4.78 is 6.24. The molecule has 0 atom stereocenters. The van der Waals surface area contributed by atoms with Gasteiger partial charge in [0.2, 0.25) is 5.91 Å². The van der Waals surface area contributed by atoms with E-state index in [1.54, 1.807) is 0 Å². The molecule has 1 amide bonds. The van der Waals surface area contributed by atoms with Crippen LogP contribution in [0.5, 0.6) is 5.75 Å². The Kier molecular flexibility index (Phi) is 6.40. The molecule has 0 saturated carbocycles. The van der Waals surface area contributed by atoms with Crippen molar-refractivity contribution >= 4 is 21.8 Å². The van der Waals surface area contributed by atoms with Crippen LogP contribution >= 0.6 is 15.9 Å². The molecule has 92 valence electrons. The van der Waals surface area contributed by atoms with E-state index in [1.165, 1.54) is 0 Å². The summed E-state index contributed by atoms with van der Waals surface area (Å²) in [6, 6.07) is 9.57. The van der Waals surface area contributed by atoms with Crippen molar-refractivity contribution in [1.82, 2.24) is 5.32 Å². The Morgan fingerprint density at radius 3 is 2.71 bits per heavy atom. The third-order valence-corrected chi connectivity index (χ3v) is 2.32. The number of amides is 1. The Hall–Kier alpha value is -1.29. The fraction of sp³-hybridized carbons (Fsp3) is 0.308. The number of nitrogens with one attached hydrogen (secondary N) is 1. The third-order valence-electron chi connectivity index (χ3n) is 2.04. The van der Waals surface area contributed by atoms with Crippen LogP contribution in [0.4, 0.5) is 0 Å². The van der Waals surface area contributed by atoms with Crippen LogP contribution in [0.25, 0.3) is 0 Å². The summed E-state index contributed by atoms with van der Waals surface area (Å²) in [6.07, 6.45) is 1.17. The van der Waals surface area contributed by atoms with E-state index in [-0.39, 0.29) is 5.91 Å². The Labute approximate surface area is 110 Å². The Bertz CT molecular complexity index is 365. The zero-order valence-electron chi connectivity index (χ0n) is 9.62. The van der Waals surface area contributed by atoms with Gasteiger partial charge in [-0.15, -0.1) is 0 Å². The van der Waals surface area contributed by atoms with Gasteiger partial charge in [-0.2, -0.15) is 0 Å². The summed E-state index contributed by atoms with van der Waals surface area (Å²) in [5.74, 6) is 0.851. The molecule has 0 fully saturated rings. The molecule has 3 nitrogen and oxygen atoms in total. The van der Waals surface area contributed by atoms with Crippen molar-refractivity contribution in [2.24, 2.45) is 0 Å². The van der Waals surface area contributed by atoms with Crippen LogP contribution in [0, 0.1) is 0 Å². The van der Waals surface area contributed by atoms with Gasteiger partial charge in [0, 0.05) is 17.4 Å². The van der Waals surface area contributed by atoms with Gasteiger partial charge >= 0.3 is 0 Å². The van der Waals surface area contributed by atoms with E-state index in [0.717, 1.165) is 10.2 Å². The summed E-state index contributed by atoms with van der Waals surface area (Å²) in [4.78, 5) is 11.3. The minimum Gasteiger partial charge on any atom is -0.494 e. The first kappa shape index (κ1) is 13.8. The lowest BCUT2D eigenvalue weighted by atomic mass is 10.3. The molecule has 0 saturated heterocycles. The number of rotatable bonds is 7. The number of hydrogen-bond acceptors (Lipinski definition) is 2. The molecule has 0 unspecified atom stereocenters. The highest BCUT2D eigenvalue weighted by Gasteiger charge is 2.01. The smallest absolute Gasteiger partial charge is 0.220 e. The number of hydrogen-bond donors (Lipinski definition) is 1. The van der Waals surface area contributed by atoms with Crippen molar-refractivity contribution in [3.05, 3.63) is 41.4 Å². The van der Waals surface area contributed by atoms with E-state index < -0.39 is 0 Å². The molecule has 1 rings (SSSR count). The molecule has 0 aliphatic rings. The molecule has 0 aliphatic carbocycles. The van der Waals surface area contributed by atoms with E-state index in [2.05, 4.69) is 27.8 Å². The second kappa shape index (κ2) is 7.90. The van der Waals surface area contributed by atoms with Crippen LogP contribution < -0.4 is 10.1 Å². The molecular weight excluding hydrogens is 282 g/mol. The molecular formula is C13H16BrNO2. The summed E-state index contributed by atoms with van der Waals surface area (Å²) in [6.45, 7) is 4.66. The van der Waals surface area contributed by atoms with Crippen molar-refractivity contribution in [3.8, 4) is 5.75 Å². The fourth-order valence-corrected chi connectivity index (χ4v) is 1.36. The van der Waals surface area contributed by atoms with Gasteiger partial charge in [0.1, 0.15) is 5.75 Å². The number of halogens is 1. The number of benzene rings is 1. The largest absolute Gasteiger partial charge is 0.494 e. The highest BCUT2D eigenvalue weighted by Crippen LogP contribution is 2.08. The highest BCUT2D eigenvalue weighted by atomic mass is 79.9. The molecule has 0 bridgehead atoms. The summed E-state index contributed by atoms with van der Waals surface area (Å²) in [5, 5.41) is 2.74. The topological polar surface area (TPSA) is 38.3 Å². The van der Waals surface area contributed by atoms with Gasteiger partial charge in [-0.05, 0) is 18.6 Å². The molecule has 0 radical (unpaired) electrons. The SMILES string of the molecule is C=C(Br)CNC(=O)CCCOc1ccccc1. The lowest BCUT2D eigenvalue weighted by Gasteiger charge is -2.06. The van der Waals surface area contributed by atoms with Crippen LogP contribution in [0.15, 0.2) is 41.4 Å². The van der Waals surface area contributed by atoms with E-state index in [4.69, 9.17) is 4.74 Å². The quantitative estimate of drug-likeness (QED) is 0.786. The average molecular weight is 298 g/mol. The van der Waals surface area contributed by atoms with Crippen LogP contribution in [-0.2, 0) is 4.79 Å². The van der Waals surface area contributed by atoms with Crippen LogP contribution in [0.1, 0.15) is 12.8 Å². The fourth-order valence-electron chi connectivity index (χ4n) is 1.22. The second-order valence-electron chi connectivity index (χ2n) is 3.56. The normalized spacial score (nSPS) is 9.71. The molecule has 1 N–H and O–H groups in total. The average Bonchev–Trinajstić information content (AvgIpc) is 2.33. The molecule has 1 aromatic carbocycles. The molecule has 0 aliphatic heterocycles. The van der Waals surface area contributed by atoms with E-state index in [9.17, 15) is 4.79 Å². The van der Waals surface area contributed by atoms with E-state index in [0.29, 0.717) is 26.0 Å². The monoisotopic (exact) mass is 297 g/mol. The van der Waals surface area contributed by atoms with Gasteiger partial charge < -0.3 is 10.1 Å². The van der Waals surface area contributed by atoms with E-state index >= 15 is 0 Å². The van der Waals surface area contributed by atoms with Gasteiger partial charge in [-0.3, -0.25) is 4.79 Å². The lowest BCUT2D eigenvalue weighted by molar-refractivity contribution is -0.121. The molecule has 0 spiro atoms. The van der Waals surface area contributed by atoms with Gasteiger partial charge in [0.25, 0.3) is 0 Å². The number of ether oxygens (including phenoxy) is 1. The first-order valence-corrected chi connectivity index (χ1v) is 6.25.